The first-order valence-electron chi connectivity index (χ1n) is 5.01. The molecule has 7 heteroatoms. The van der Waals surface area contributed by atoms with Gasteiger partial charge in [-0.1, -0.05) is 0 Å². The van der Waals surface area contributed by atoms with Gasteiger partial charge in [0.2, 0.25) is 5.91 Å². The number of carbonyl (C=O) groups is 2. The molecule has 0 aromatic rings. The van der Waals surface area contributed by atoms with E-state index in [0.29, 0.717) is 0 Å². The summed E-state index contributed by atoms with van der Waals surface area (Å²) in [6, 6.07) is -0.563. The Kier molecular flexibility index (Phi) is 3.08. The number of urea groups is 1. The second-order valence-electron chi connectivity index (χ2n) is 3.76. The minimum absolute atomic E-state index is 0.103. The van der Waals surface area contributed by atoms with Crippen LogP contribution in [0.4, 0.5) is 4.79 Å². The van der Waals surface area contributed by atoms with E-state index in [0.717, 1.165) is 0 Å². The lowest BCUT2D eigenvalue weighted by Crippen LogP contribution is -2.51. The average molecular weight is 229 g/mol. The summed E-state index contributed by atoms with van der Waals surface area (Å²) in [7, 11) is 0. The first-order chi connectivity index (χ1) is 7.61. The van der Waals surface area contributed by atoms with Crippen molar-refractivity contribution < 1.29 is 24.5 Å². The number of imide groups is 1. The van der Waals surface area contributed by atoms with Crippen molar-refractivity contribution in [3.8, 4) is 0 Å². The molecule has 16 heavy (non-hydrogen) atoms. The number of nitrogens with zero attached hydrogens (tertiary/aromatic N) is 1. The van der Waals surface area contributed by atoms with Crippen LogP contribution >= 0.6 is 0 Å². The van der Waals surface area contributed by atoms with Gasteiger partial charge in [-0.2, -0.15) is 0 Å². The number of hydrogen-bond acceptors (Lipinski definition) is 5. The zero-order valence-electron chi connectivity index (χ0n) is 8.50. The maximum Gasteiger partial charge on any atom is 0.326 e. The van der Waals surface area contributed by atoms with E-state index in [1.54, 1.807) is 0 Å². The molecule has 3 amide bonds. The van der Waals surface area contributed by atoms with Crippen LogP contribution in [0.15, 0.2) is 0 Å². The van der Waals surface area contributed by atoms with Gasteiger partial charge in [-0.15, -0.1) is 0 Å². The molecule has 0 spiro atoms. The number of aliphatic hydroxyl groups is 2. The Hall–Kier alpha value is -1.18. The fourth-order valence-corrected chi connectivity index (χ4v) is 1.80. The van der Waals surface area contributed by atoms with E-state index in [2.05, 4.69) is 5.32 Å². The molecule has 7 nitrogen and oxygen atoms in total. The fourth-order valence-electron chi connectivity index (χ4n) is 1.80. The zero-order valence-corrected chi connectivity index (χ0v) is 8.50. The molecular weight excluding hydrogens is 216 g/mol. The Balaban J connectivity index is 1.98. The molecule has 0 aromatic carbocycles. The molecule has 2 rings (SSSR count). The molecule has 2 heterocycles. The first-order valence-corrected chi connectivity index (χ1v) is 5.01. The smallest absolute Gasteiger partial charge is 0.326 e. The van der Waals surface area contributed by atoms with Crippen LogP contribution in [0.2, 0.25) is 0 Å². The van der Waals surface area contributed by atoms with Gasteiger partial charge >= 0.3 is 6.03 Å². The summed E-state index contributed by atoms with van der Waals surface area (Å²) in [5, 5.41) is 20.5. The highest BCUT2D eigenvalue weighted by Gasteiger charge is 2.40. The molecule has 3 N–H and O–H groups in total. The van der Waals surface area contributed by atoms with Crippen LogP contribution in [0.25, 0.3) is 0 Å². The van der Waals surface area contributed by atoms with Crippen molar-refractivity contribution in [3.05, 3.63) is 6.54 Å². The van der Waals surface area contributed by atoms with E-state index in [1.807, 2.05) is 0 Å². The van der Waals surface area contributed by atoms with Crippen molar-refractivity contribution in [1.82, 2.24) is 10.2 Å². The van der Waals surface area contributed by atoms with Gasteiger partial charge in [-0.25, -0.2) is 4.79 Å². The third-order valence-electron chi connectivity index (χ3n) is 2.65. The molecule has 0 bridgehead atoms. The van der Waals surface area contributed by atoms with Gasteiger partial charge in [0.05, 0.1) is 19.3 Å². The number of hydrogen-bond donors (Lipinski definition) is 3. The Morgan fingerprint density at radius 1 is 1.56 bits per heavy atom. The molecule has 0 aliphatic carbocycles. The molecular formula is C9H13N2O5. The molecule has 2 aliphatic heterocycles. The second kappa shape index (κ2) is 4.36. The van der Waals surface area contributed by atoms with E-state index in [1.165, 1.54) is 11.4 Å². The molecule has 3 atom stereocenters. The summed E-state index contributed by atoms with van der Waals surface area (Å²) in [6.45, 7) is 1.13. The number of carbonyl (C=O) groups excluding carboxylic acids is 2. The summed E-state index contributed by atoms with van der Waals surface area (Å²) in [6.07, 6.45) is -1.77. The van der Waals surface area contributed by atoms with Gasteiger partial charge in [-0.05, 0) is 0 Å². The molecule has 2 aliphatic rings. The molecule has 89 valence electrons. The SMILES string of the molecule is O=C1C[CH]N([C@H]2C[C@H](O)[C@@H](CO)O2)C(=O)N1. The van der Waals surface area contributed by atoms with Crippen LogP contribution in [-0.4, -0.2) is 52.1 Å². The van der Waals surface area contributed by atoms with Crippen molar-refractivity contribution >= 4 is 11.9 Å². The molecule has 0 unspecified atom stereocenters. The Bertz CT molecular complexity index is 308. The molecule has 2 fully saturated rings. The van der Waals surface area contributed by atoms with Gasteiger partial charge in [0, 0.05) is 12.8 Å². The van der Waals surface area contributed by atoms with E-state index < -0.39 is 24.5 Å². The van der Waals surface area contributed by atoms with Crippen molar-refractivity contribution in [3.63, 3.8) is 0 Å². The van der Waals surface area contributed by atoms with Crippen LogP contribution in [0.5, 0.6) is 0 Å². The summed E-state index contributed by atoms with van der Waals surface area (Å²) in [5.41, 5.74) is 0. The lowest BCUT2D eigenvalue weighted by atomic mass is 10.2. The second-order valence-corrected chi connectivity index (χ2v) is 3.76. The third kappa shape index (κ3) is 2.01. The maximum absolute atomic E-state index is 11.4. The van der Waals surface area contributed by atoms with Crippen LogP contribution in [0, 0.1) is 6.54 Å². The molecule has 1 radical (unpaired) electrons. The van der Waals surface area contributed by atoms with Crippen LogP contribution in [-0.2, 0) is 9.53 Å². The maximum atomic E-state index is 11.4. The molecule has 0 saturated carbocycles. The first kappa shape index (κ1) is 11.3. The van der Waals surface area contributed by atoms with Crippen molar-refractivity contribution in [2.24, 2.45) is 0 Å². The van der Waals surface area contributed by atoms with Gasteiger partial charge in [0.1, 0.15) is 12.3 Å². The van der Waals surface area contributed by atoms with Crippen molar-refractivity contribution in [1.29, 1.82) is 0 Å². The quantitative estimate of drug-likeness (QED) is 0.538. The highest BCUT2D eigenvalue weighted by atomic mass is 16.5. The highest BCUT2D eigenvalue weighted by molar-refractivity contribution is 5.97. The summed E-state index contributed by atoms with van der Waals surface area (Å²) in [4.78, 5) is 23.6. The van der Waals surface area contributed by atoms with Crippen molar-refractivity contribution in [2.75, 3.05) is 6.61 Å². The lowest BCUT2D eigenvalue weighted by molar-refractivity contribution is -0.122. The number of nitrogens with one attached hydrogen (secondary N) is 1. The van der Waals surface area contributed by atoms with Crippen molar-refractivity contribution in [2.45, 2.75) is 31.3 Å². The van der Waals surface area contributed by atoms with Gasteiger partial charge in [-0.3, -0.25) is 15.0 Å². The summed E-state index contributed by atoms with van der Waals surface area (Å²) >= 11 is 0. The summed E-state index contributed by atoms with van der Waals surface area (Å²) in [5.74, 6) is -0.362. The predicted molar refractivity (Wildman–Crippen MR) is 50.7 cm³/mol. The van der Waals surface area contributed by atoms with E-state index in [-0.39, 0.29) is 25.4 Å². The largest absolute Gasteiger partial charge is 0.394 e. The Morgan fingerprint density at radius 3 is 2.88 bits per heavy atom. The minimum Gasteiger partial charge on any atom is -0.394 e. The van der Waals surface area contributed by atoms with Gasteiger partial charge in [0.25, 0.3) is 0 Å². The Morgan fingerprint density at radius 2 is 2.31 bits per heavy atom. The standard InChI is InChI=1S/C9H13N2O5/c12-4-6-5(13)3-8(16-6)11-2-1-7(14)10-9(11)15/h2,5-6,8,12-13H,1,3-4H2,(H,10,14,15)/t5-,6+,8+/m0/s1. The van der Waals surface area contributed by atoms with Gasteiger partial charge < -0.3 is 14.9 Å². The van der Waals surface area contributed by atoms with E-state index >= 15 is 0 Å². The number of rotatable bonds is 2. The van der Waals surface area contributed by atoms with E-state index in [4.69, 9.17) is 9.84 Å². The zero-order chi connectivity index (χ0) is 11.7. The number of aliphatic hydroxyl groups excluding tert-OH is 2. The Labute approximate surface area is 92.0 Å². The fraction of sp³-hybridized carbons (Fsp3) is 0.667. The average Bonchev–Trinajstić information content (AvgIpc) is 2.59. The lowest BCUT2D eigenvalue weighted by Gasteiger charge is -2.30. The van der Waals surface area contributed by atoms with Crippen LogP contribution < -0.4 is 5.32 Å². The predicted octanol–water partition coefficient (Wildman–Crippen LogP) is -1.44. The van der Waals surface area contributed by atoms with E-state index in [9.17, 15) is 14.7 Å². The topological polar surface area (TPSA) is 99.1 Å². The highest BCUT2D eigenvalue weighted by Crippen LogP contribution is 2.25. The number of amides is 3. The van der Waals surface area contributed by atoms with Crippen LogP contribution in [0.3, 0.4) is 0 Å². The third-order valence-corrected chi connectivity index (χ3v) is 2.65. The monoisotopic (exact) mass is 229 g/mol. The molecule has 0 aromatic heterocycles. The van der Waals surface area contributed by atoms with Gasteiger partial charge in [0.15, 0.2) is 0 Å². The molecule has 2 saturated heterocycles. The van der Waals surface area contributed by atoms with Crippen LogP contribution in [0.1, 0.15) is 12.8 Å². The minimum atomic E-state index is -0.797. The summed E-state index contributed by atoms with van der Waals surface area (Å²) < 4.78 is 5.29. The normalized spacial score (nSPS) is 35.4. The number of ether oxygens (including phenoxy) is 1.